The van der Waals surface area contributed by atoms with Crippen molar-refractivity contribution in [3.05, 3.63) is 0 Å². The summed E-state index contributed by atoms with van der Waals surface area (Å²) < 4.78 is 38.3. The summed E-state index contributed by atoms with van der Waals surface area (Å²) in [5.41, 5.74) is -0.542. The van der Waals surface area contributed by atoms with E-state index in [9.17, 15) is 18.0 Å². The maximum atomic E-state index is 11.8. The molecule has 0 saturated carbocycles. The lowest BCUT2D eigenvalue weighted by molar-refractivity contribution is -0.163. The molecule has 0 radical (unpaired) electrons. The van der Waals surface area contributed by atoms with Crippen LogP contribution in [-0.4, -0.2) is 30.5 Å². The molecule has 22 heavy (non-hydrogen) atoms. The standard InChI is InChI=1S/C14H26O7S/c1-4-7-8-11-14(5-2,6-3)20-12(15)9-10-13(16)21-22(17,18)19/h4-11H2,1-3H3,(H,17,18,19). The predicted molar refractivity (Wildman–Crippen MR) is 80.4 cm³/mol. The van der Waals surface area contributed by atoms with Gasteiger partial charge < -0.3 is 8.92 Å². The number of ether oxygens (including phenoxy) is 1. The van der Waals surface area contributed by atoms with Crippen LogP contribution in [0, 0.1) is 0 Å². The Morgan fingerprint density at radius 1 is 1.00 bits per heavy atom. The van der Waals surface area contributed by atoms with Crippen molar-refractivity contribution in [2.24, 2.45) is 0 Å². The molecule has 0 saturated heterocycles. The Bertz CT molecular complexity index is 452. The van der Waals surface area contributed by atoms with Crippen molar-refractivity contribution in [3.8, 4) is 0 Å². The molecule has 0 fully saturated rings. The Kier molecular flexibility index (Phi) is 9.27. The van der Waals surface area contributed by atoms with E-state index in [1.54, 1.807) is 0 Å². The molecule has 0 rings (SSSR count). The van der Waals surface area contributed by atoms with E-state index in [1.165, 1.54) is 0 Å². The number of carbonyl (C=O) groups is 2. The van der Waals surface area contributed by atoms with Crippen molar-refractivity contribution < 1.29 is 31.5 Å². The van der Waals surface area contributed by atoms with E-state index in [4.69, 9.17) is 9.29 Å². The third-order valence-corrected chi connectivity index (χ3v) is 3.98. The van der Waals surface area contributed by atoms with Crippen molar-refractivity contribution >= 4 is 22.3 Å². The van der Waals surface area contributed by atoms with Crippen LogP contribution in [-0.2, 0) is 28.9 Å². The smallest absolute Gasteiger partial charge is 0.448 e. The fraction of sp³-hybridized carbons (Fsp3) is 0.857. The van der Waals surface area contributed by atoms with Gasteiger partial charge in [0, 0.05) is 0 Å². The molecular formula is C14H26O7S. The highest BCUT2D eigenvalue weighted by Crippen LogP contribution is 2.28. The predicted octanol–water partition coefficient (Wildman–Crippen LogP) is 2.79. The van der Waals surface area contributed by atoms with Crippen molar-refractivity contribution in [2.45, 2.75) is 77.7 Å². The van der Waals surface area contributed by atoms with E-state index in [-0.39, 0.29) is 6.42 Å². The molecule has 0 unspecified atom stereocenters. The number of esters is 1. The molecule has 1 N–H and O–H groups in total. The topological polar surface area (TPSA) is 107 Å². The summed E-state index contributed by atoms with van der Waals surface area (Å²) in [5, 5.41) is 0. The average molecular weight is 338 g/mol. The third-order valence-electron chi connectivity index (χ3n) is 3.59. The first-order valence-corrected chi connectivity index (χ1v) is 8.96. The molecule has 0 atom stereocenters. The molecule has 0 aromatic rings. The third kappa shape index (κ3) is 8.99. The Morgan fingerprint density at radius 3 is 2.00 bits per heavy atom. The Morgan fingerprint density at radius 2 is 1.55 bits per heavy atom. The van der Waals surface area contributed by atoms with Gasteiger partial charge in [-0.2, -0.15) is 8.42 Å². The van der Waals surface area contributed by atoms with Crippen LogP contribution in [0.3, 0.4) is 0 Å². The number of unbranched alkanes of at least 4 members (excludes halogenated alkanes) is 2. The van der Waals surface area contributed by atoms with Gasteiger partial charge in [0.1, 0.15) is 5.60 Å². The quantitative estimate of drug-likeness (QED) is 0.350. The summed E-state index contributed by atoms with van der Waals surface area (Å²) in [7, 11) is -4.83. The summed E-state index contributed by atoms with van der Waals surface area (Å²) in [4.78, 5) is 22.9. The van der Waals surface area contributed by atoms with E-state index in [2.05, 4.69) is 11.1 Å². The first-order chi connectivity index (χ1) is 10.2. The monoisotopic (exact) mass is 338 g/mol. The van der Waals surface area contributed by atoms with E-state index >= 15 is 0 Å². The van der Waals surface area contributed by atoms with E-state index in [1.807, 2.05) is 13.8 Å². The van der Waals surface area contributed by atoms with Gasteiger partial charge in [0.05, 0.1) is 12.8 Å². The first kappa shape index (κ1) is 20.9. The number of hydrogen-bond donors (Lipinski definition) is 1. The van der Waals surface area contributed by atoms with Crippen LogP contribution >= 0.6 is 0 Å². The van der Waals surface area contributed by atoms with Gasteiger partial charge >= 0.3 is 22.3 Å². The molecule has 0 aliphatic heterocycles. The molecule has 0 aromatic carbocycles. The van der Waals surface area contributed by atoms with E-state index in [0.717, 1.165) is 25.7 Å². The molecule has 8 heteroatoms. The van der Waals surface area contributed by atoms with Crippen molar-refractivity contribution in [3.63, 3.8) is 0 Å². The number of rotatable bonds is 11. The summed E-state index contributed by atoms with van der Waals surface area (Å²) in [6.45, 7) is 5.97. The normalized spacial score (nSPS) is 12.0. The zero-order valence-electron chi connectivity index (χ0n) is 13.5. The highest BCUT2D eigenvalue weighted by atomic mass is 32.3. The molecule has 0 aliphatic carbocycles. The average Bonchev–Trinajstić information content (AvgIpc) is 2.42. The lowest BCUT2D eigenvalue weighted by Gasteiger charge is -2.31. The summed E-state index contributed by atoms with van der Waals surface area (Å²) in [6, 6.07) is 0. The Balaban J connectivity index is 4.42. The number of hydrogen-bond acceptors (Lipinski definition) is 6. The molecule has 0 aliphatic rings. The van der Waals surface area contributed by atoms with Gasteiger partial charge in [-0.3, -0.25) is 14.1 Å². The maximum Gasteiger partial charge on any atom is 0.448 e. The van der Waals surface area contributed by atoms with Gasteiger partial charge in [0.15, 0.2) is 0 Å². The zero-order valence-corrected chi connectivity index (χ0v) is 14.3. The summed E-state index contributed by atoms with van der Waals surface area (Å²) >= 11 is 0. The molecular weight excluding hydrogens is 312 g/mol. The van der Waals surface area contributed by atoms with Gasteiger partial charge in [-0.05, 0) is 25.7 Å². The number of carbonyl (C=O) groups excluding carboxylic acids is 2. The first-order valence-electron chi connectivity index (χ1n) is 7.59. The van der Waals surface area contributed by atoms with Gasteiger partial charge in [-0.1, -0.05) is 33.6 Å². The van der Waals surface area contributed by atoms with Crippen LogP contribution in [0.4, 0.5) is 0 Å². The minimum Gasteiger partial charge on any atom is -0.459 e. The van der Waals surface area contributed by atoms with Gasteiger partial charge in [0.2, 0.25) is 0 Å². The second-order valence-corrected chi connectivity index (χ2v) is 6.23. The minimum absolute atomic E-state index is 0.288. The van der Waals surface area contributed by atoms with E-state index < -0.39 is 34.4 Å². The van der Waals surface area contributed by atoms with Crippen LogP contribution in [0.25, 0.3) is 0 Å². The second kappa shape index (κ2) is 9.78. The molecule has 7 nitrogen and oxygen atoms in total. The van der Waals surface area contributed by atoms with E-state index in [0.29, 0.717) is 12.8 Å². The summed E-state index contributed by atoms with van der Waals surface area (Å²) in [5.74, 6) is -1.77. The summed E-state index contributed by atoms with van der Waals surface area (Å²) in [6.07, 6.45) is 4.44. The SMILES string of the molecule is CCCCCC(CC)(CC)OC(=O)CCC(=O)OS(=O)(=O)O. The Labute approximate surface area is 132 Å². The molecule has 0 amide bonds. The molecule has 0 spiro atoms. The van der Waals surface area contributed by atoms with Crippen molar-refractivity contribution in [1.29, 1.82) is 0 Å². The zero-order chi connectivity index (χ0) is 17.2. The van der Waals surface area contributed by atoms with Gasteiger partial charge in [0.25, 0.3) is 0 Å². The minimum atomic E-state index is -4.83. The lowest BCUT2D eigenvalue weighted by Crippen LogP contribution is -2.34. The highest BCUT2D eigenvalue weighted by Gasteiger charge is 2.30. The van der Waals surface area contributed by atoms with Crippen molar-refractivity contribution in [2.75, 3.05) is 0 Å². The molecule has 0 bridgehead atoms. The fourth-order valence-corrected chi connectivity index (χ4v) is 2.47. The van der Waals surface area contributed by atoms with Crippen LogP contribution in [0.15, 0.2) is 0 Å². The lowest BCUT2D eigenvalue weighted by atomic mass is 9.90. The van der Waals surface area contributed by atoms with Gasteiger partial charge in [-0.25, -0.2) is 0 Å². The highest BCUT2D eigenvalue weighted by molar-refractivity contribution is 7.81. The van der Waals surface area contributed by atoms with Crippen molar-refractivity contribution in [1.82, 2.24) is 0 Å². The Hall–Kier alpha value is -1.15. The van der Waals surface area contributed by atoms with Crippen LogP contribution in [0.2, 0.25) is 0 Å². The molecule has 0 aromatic heterocycles. The second-order valence-electron chi connectivity index (χ2n) is 5.20. The van der Waals surface area contributed by atoms with Crippen LogP contribution in [0.5, 0.6) is 0 Å². The maximum absolute atomic E-state index is 11.8. The van der Waals surface area contributed by atoms with Crippen LogP contribution < -0.4 is 0 Å². The largest absolute Gasteiger partial charge is 0.459 e. The van der Waals surface area contributed by atoms with Gasteiger partial charge in [-0.15, -0.1) is 0 Å². The molecule has 130 valence electrons. The van der Waals surface area contributed by atoms with Crippen LogP contribution in [0.1, 0.15) is 72.1 Å². The fourth-order valence-electron chi connectivity index (χ4n) is 2.15. The molecule has 0 heterocycles.